The average Bonchev–Trinajstić information content (AvgIpc) is 3.27. The number of benzene rings is 3. The lowest BCUT2D eigenvalue weighted by atomic mass is 10.0. The topological polar surface area (TPSA) is 69.0 Å². The molecule has 0 unspecified atom stereocenters. The van der Waals surface area contributed by atoms with Gasteiger partial charge in [0.1, 0.15) is 0 Å². The van der Waals surface area contributed by atoms with E-state index in [1.807, 2.05) is 31.2 Å². The van der Waals surface area contributed by atoms with Gasteiger partial charge in [0, 0.05) is 16.8 Å². The van der Waals surface area contributed by atoms with Gasteiger partial charge in [-0.3, -0.25) is 4.79 Å². The average molecular weight is 534 g/mol. The molecule has 198 valence electrons. The van der Waals surface area contributed by atoms with Gasteiger partial charge in [0.25, 0.3) is 5.91 Å². The van der Waals surface area contributed by atoms with Gasteiger partial charge in [-0.15, -0.1) is 5.10 Å². The molecule has 0 radical (unpaired) electrons. The first-order chi connectivity index (χ1) is 17.9. The molecule has 1 amide bonds. The first-order valence-corrected chi connectivity index (χ1v) is 11.2. The first kappa shape index (κ1) is 26.7. The molecular weight excluding hydrogens is 514 g/mol. The smallest absolute Gasteiger partial charge is 0.416 e. The van der Waals surface area contributed by atoms with Crippen LogP contribution in [0.5, 0.6) is 6.01 Å². The molecule has 38 heavy (non-hydrogen) atoms. The zero-order valence-corrected chi connectivity index (χ0v) is 20.0. The summed E-state index contributed by atoms with van der Waals surface area (Å²) in [5.41, 5.74) is -1.53. The number of hydrogen-bond donors (Lipinski definition) is 1. The molecule has 0 saturated carbocycles. The highest BCUT2D eigenvalue weighted by molar-refractivity contribution is 6.04. The Hall–Kier alpha value is -4.35. The lowest BCUT2D eigenvalue weighted by molar-refractivity contribution is -0.143. The molecule has 0 fully saturated rings. The zero-order chi connectivity index (χ0) is 27.7. The second-order valence-electron chi connectivity index (χ2n) is 8.17. The predicted octanol–water partition coefficient (Wildman–Crippen LogP) is 6.93. The summed E-state index contributed by atoms with van der Waals surface area (Å²) in [6, 6.07) is 14.4. The zero-order valence-electron chi connectivity index (χ0n) is 20.0. The lowest BCUT2D eigenvalue weighted by Crippen LogP contribution is -2.17. The quantitative estimate of drug-likeness (QED) is 0.273. The van der Waals surface area contributed by atoms with Crippen molar-refractivity contribution in [3.63, 3.8) is 0 Å². The van der Waals surface area contributed by atoms with Gasteiger partial charge in [0.05, 0.1) is 23.4 Å². The van der Waals surface area contributed by atoms with Gasteiger partial charge in [-0.1, -0.05) is 24.3 Å². The van der Waals surface area contributed by atoms with Crippen molar-refractivity contribution in [2.75, 3.05) is 11.9 Å². The van der Waals surface area contributed by atoms with Crippen molar-refractivity contribution in [2.24, 2.45) is 0 Å². The maximum atomic E-state index is 13.1. The van der Waals surface area contributed by atoms with Crippen LogP contribution in [0, 0.1) is 6.92 Å². The molecule has 1 heterocycles. The van der Waals surface area contributed by atoms with Gasteiger partial charge < -0.3 is 10.1 Å². The minimum absolute atomic E-state index is 0.0355. The van der Waals surface area contributed by atoms with Crippen LogP contribution >= 0.6 is 0 Å². The fourth-order valence-electron chi connectivity index (χ4n) is 3.64. The fraction of sp³-hybridized carbons (Fsp3) is 0.192. The van der Waals surface area contributed by atoms with Crippen molar-refractivity contribution in [1.82, 2.24) is 14.8 Å². The number of hydrogen-bond acceptors (Lipinski definition) is 4. The van der Waals surface area contributed by atoms with Crippen LogP contribution in [-0.4, -0.2) is 27.3 Å². The van der Waals surface area contributed by atoms with Crippen molar-refractivity contribution < 1.29 is 35.9 Å². The van der Waals surface area contributed by atoms with E-state index in [1.54, 1.807) is 19.1 Å². The molecule has 0 aliphatic rings. The minimum atomic E-state index is -5.06. The number of aryl methyl sites for hydroxylation is 1. The molecule has 0 spiro atoms. The molecule has 3 aromatic carbocycles. The Balaban J connectivity index is 1.64. The second-order valence-corrected chi connectivity index (χ2v) is 8.17. The van der Waals surface area contributed by atoms with Crippen LogP contribution in [0.3, 0.4) is 0 Å². The SMILES string of the molecule is CCOc1nc(-c2ccccc2C)n(-c2ccc(NC(=O)c3cc(C(F)(F)F)cc(C(F)(F)F)c3)cc2)n1. The van der Waals surface area contributed by atoms with E-state index in [4.69, 9.17) is 4.74 Å². The molecular formula is C26H20F6N4O2. The Labute approximate surface area is 212 Å². The number of anilines is 1. The molecule has 0 saturated heterocycles. The van der Waals surface area contributed by atoms with Crippen LogP contribution in [0.25, 0.3) is 17.1 Å². The van der Waals surface area contributed by atoms with Crippen molar-refractivity contribution in [3.8, 4) is 23.1 Å². The number of nitrogens with one attached hydrogen (secondary N) is 1. The number of carbonyl (C=O) groups is 1. The highest BCUT2D eigenvalue weighted by Gasteiger charge is 2.37. The maximum absolute atomic E-state index is 13.1. The summed E-state index contributed by atoms with van der Waals surface area (Å²) in [6.07, 6.45) is -10.1. The largest absolute Gasteiger partial charge is 0.463 e. The van der Waals surface area contributed by atoms with Gasteiger partial charge in [-0.05, 0) is 61.9 Å². The molecule has 4 rings (SSSR count). The Bertz CT molecular complexity index is 1430. The van der Waals surface area contributed by atoms with E-state index in [0.717, 1.165) is 11.1 Å². The van der Waals surface area contributed by atoms with Crippen LogP contribution < -0.4 is 10.1 Å². The first-order valence-electron chi connectivity index (χ1n) is 11.2. The lowest BCUT2D eigenvalue weighted by Gasteiger charge is -2.14. The summed E-state index contributed by atoms with van der Waals surface area (Å²) in [5, 5.41) is 6.71. The third-order valence-electron chi connectivity index (χ3n) is 5.47. The number of amides is 1. The monoisotopic (exact) mass is 534 g/mol. The molecule has 1 aromatic heterocycles. The van der Waals surface area contributed by atoms with Gasteiger partial charge in [0.2, 0.25) is 0 Å². The van der Waals surface area contributed by atoms with Crippen molar-refractivity contribution in [3.05, 3.63) is 89.0 Å². The van der Waals surface area contributed by atoms with E-state index in [-0.39, 0.29) is 17.8 Å². The molecule has 4 aromatic rings. The summed E-state index contributed by atoms with van der Waals surface area (Å²) >= 11 is 0. The van der Waals surface area contributed by atoms with E-state index < -0.39 is 35.0 Å². The van der Waals surface area contributed by atoms with Crippen LogP contribution in [0.1, 0.15) is 34.0 Å². The third kappa shape index (κ3) is 5.79. The summed E-state index contributed by atoms with van der Waals surface area (Å²) in [6.45, 7) is 4.03. The third-order valence-corrected chi connectivity index (χ3v) is 5.47. The Morgan fingerprint density at radius 1 is 0.921 bits per heavy atom. The number of halogens is 6. The van der Waals surface area contributed by atoms with Gasteiger partial charge >= 0.3 is 18.4 Å². The van der Waals surface area contributed by atoms with E-state index in [1.165, 1.54) is 16.8 Å². The summed E-state index contributed by atoms with van der Waals surface area (Å²) in [5.74, 6) is -0.638. The number of nitrogens with zero attached hydrogens (tertiary/aromatic N) is 3. The van der Waals surface area contributed by atoms with E-state index in [9.17, 15) is 31.1 Å². The number of rotatable bonds is 6. The van der Waals surface area contributed by atoms with Crippen molar-refractivity contribution >= 4 is 11.6 Å². The second kappa shape index (κ2) is 10.2. The van der Waals surface area contributed by atoms with Crippen molar-refractivity contribution in [1.29, 1.82) is 0 Å². The highest BCUT2D eigenvalue weighted by atomic mass is 19.4. The minimum Gasteiger partial charge on any atom is -0.463 e. The molecule has 6 nitrogen and oxygen atoms in total. The standard InChI is InChI=1S/C26H20F6N4O2/c1-3-38-24-34-22(21-7-5-4-6-15(21)2)36(35-24)20-10-8-19(9-11-20)33-23(37)16-12-17(25(27,28)29)14-18(13-16)26(30,31)32/h4-14H,3H2,1-2H3,(H,33,37). The number of ether oxygens (including phenoxy) is 1. The normalized spacial score (nSPS) is 11.9. The van der Waals surface area contributed by atoms with Crippen molar-refractivity contribution in [2.45, 2.75) is 26.2 Å². The number of alkyl halides is 6. The Kier molecular flexibility index (Phi) is 7.16. The molecule has 0 atom stereocenters. The summed E-state index contributed by atoms with van der Waals surface area (Å²) in [4.78, 5) is 17.0. The summed E-state index contributed by atoms with van der Waals surface area (Å²) in [7, 11) is 0. The Morgan fingerprint density at radius 2 is 1.53 bits per heavy atom. The van der Waals surface area contributed by atoms with E-state index >= 15 is 0 Å². The molecule has 0 aliphatic heterocycles. The van der Waals surface area contributed by atoms with Crippen LogP contribution in [0.15, 0.2) is 66.7 Å². The molecule has 0 aliphatic carbocycles. The maximum Gasteiger partial charge on any atom is 0.416 e. The molecule has 0 bridgehead atoms. The Morgan fingerprint density at radius 3 is 2.08 bits per heavy atom. The van der Waals surface area contributed by atoms with Gasteiger partial charge in [-0.25, -0.2) is 4.68 Å². The highest BCUT2D eigenvalue weighted by Crippen LogP contribution is 2.36. The molecule has 1 N–H and O–H groups in total. The van der Waals surface area contributed by atoms with Crippen LogP contribution in [-0.2, 0) is 12.4 Å². The van der Waals surface area contributed by atoms with Crippen LogP contribution in [0.2, 0.25) is 0 Å². The van der Waals surface area contributed by atoms with Crippen LogP contribution in [0.4, 0.5) is 32.0 Å². The summed E-state index contributed by atoms with van der Waals surface area (Å²) < 4.78 is 85.8. The van der Waals surface area contributed by atoms with E-state index in [2.05, 4.69) is 15.4 Å². The predicted molar refractivity (Wildman–Crippen MR) is 127 cm³/mol. The van der Waals surface area contributed by atoms with E-state index in [0.29, 0.717) is 30.3 Å². The number of carbonyl (C=O) groups excluding carboxylic acids is 1. The molecule has 12 heteroatoms. The van der Waals surface area contributed by atoms with Gasteiger partial charge in [0.15, 0.2) is 5.82 Å². The van der Waals surface area contributed by atoms with Gasteiger partial charge in [-0.2, -0.15) is 31.3 Å². The number of aromatic nitrogens is 3. The fourth-order valence-corrected chi connectivity index (χ4v) is 3.64.